The zero-order valence-electron chi connectivity index (χ0n) is 12.3. The summed E-state index contributed by atoms with van der Waals surface area (Å²) in [4.78, 5) is 14.9. The molecule has 23 heavy (non-hydrogen) atoms. The fourth-order valence-corrected chi connectivity index (χ4v) is 3.61. The number of hydrogen-bond acceptors (Lipinski definition) is 4. The third-order valence-corrected chi connectivity index (χ3v) is 5.61. The number of nitrogens with zero attached hydrogens (tertiary/aromatic N) is 2. The Morgan fingerprint density at radius 2 is 2.04 bits per heavy atom. The predicted octanol–water partition coefficient (Wildman–Crippen LogP) is 2.30. The molecule has 122 valence electrons. The molecular formula is C15H15ClN2O4S. The minimum absolute atomic E-state index is 0.0142. The third kappa shape index (κ3) is 4.07. The van der Waals surface area contributed by atoms with Crippen molar-refractivity contribution in [3.8, 4) is 0 Å². The number of sulfonamides is 1. The number of hydrogen-bond donors (Lipinski definition) is 1. The molecular weight excluding hydrogens is 340 g/mol. The maximum absolute atomic E-state index is 12.6. The van der Waals surface area contributed by atoms with Gasteiger partial charge in [0.05, 0.1) is 10.6 Å². The minimum atomic E-state index is -3.89. The molecule has 0 unspecified atom stereocenters. The summed E-state index contributed by atoms with van der Waals surface area (Å²) >= 11 is 5.94. The molecule has 6 nitrogen and oxygen atoms in total. The molecule has 0 aliphatic carbocycles. The Balaban J connectivity index is 2.23. The van der Waals surface area contributed by atoms with Gasteiger partial charge in [0.2, 0.25) is 10.0 Å². The monoisotopic (exact) mass is 354 g/mol. The van der Waals surface area contributed by atoms with Crippen molar-refractivity contribution in [2.75, 3.05) is 13.6 Å². The van der Waals surface area contributed by atoms with Crippen molar-refractivity contribution >= 4 is 27.6 Å². The van der Waals surface area contributed by atoms with E-state index in [0.717, 1.165) is 16.1 Å². The molecule has 0 spiro atoms. The highest BCUT2D eigenvalue weighted by Crippen LogP contribution is 2.25. The van der Waals surface area contributed by atoms with Crippen molar-refractivity contribution < 1.29 is 18.3 Å². The van der Waals surface area contributed by atoms with Gasteiger partial charge in [-0.15, -0.1) is 0 Å². The highest BCUT2D eigenvalue weighted by Gasteiger charge is 2.24. The number of aromatic carboxylic acids is 1. The highest BCUT2D eigenvalue weighted by molar-refractivity contribution is 7.89. The van der Waals surface area contributed by atoms with Crippen LogP contribution < -0.4 is 0 Å². The van der Waals surface area contributed by atoms with Gasteiger partial charge in [-0.3, -0.25) is 4.98 Å². The number of benzene rings is 1. The second-order valence-corrected chi connectivity index (χ2v) is 7.27. The molecule has 1 N–H and O–H groups in total. The first kappa shape index (κ1) is 17.4. The van der Waals surface area contributed by atoms with E-state index in [1.54, 1.807) is 18.3 Å². The van der Waals surface area contributed by atoms with E-state index in [4.69, 9.17) is 16.7 Å². The lowest BCUT2D eigenvalue weighted by molar-refractivity contribution is 0.0696. The van der Waals surface area contributed by atoms with E-state index in [0.29, 0.717) is 6.42 Å². The van der Waals surface area contributed by atoms with Crippen LogP contribution in [0.4, 0.5) is 0 Å². The molecule has 0 amide bonds. The van der Waals surface area contributed by atoms with E-state index in [-0.39, 0.29) is 22.0 Å². The second-order valence-electron chi connectivity index (χ2n) is 4.85. The van der Waals surface area contributed by atoms with Gasteiger partial charge in [0, 0.05) is 31.9 Å². The maximum Gasteiger partial charge on any atom is 0.335 e. The molecule has 1 aromatic carbocycles. The van der Waals surface area contributed by atoms with E-state index >= 15 is 0 Å². The number of carbonyl (C=O) groups is 1. The van der Waals surface area contributed by atoms with E-state index in [2.05, 4.69) is 4.98 Å². The molecule has 0 fully saturated rings. The topological polar surface area (TPSA) is 87.6 Å². The summed E-state index contributed by atoms with van der Waals surface area (Å²) in [6, 6.07) is 9.00. The predicted molar refractivity (Wildman–Crippen MR) is 86.2 cm³/mol. The van der Waals surface area contributed by atoms with Crippen LogP contribution in [0.1, 0.15) is 16.1 Å². The number of carboxylic acids is 1. The molecule has 0 radical (unpaired) electrons. The number of likely N-dealkylation sites (N-methyl/N-ethyl adjacent to an activating group) is 1. The Morgan fingerprint density at radius 1 is 1.30 bits per heavy atom. The van der Waals surface area contributed by atoms with Crippen LogP contribution in [0.3, 0.4) is 0 Å². The highest BCUT2D eigenvalue weighted by atomic mass is 35.5. The molecule has 0 saturated heterocycles. The van der Waals surface area contributed by atoms with Crippen LogP contribution in [0.5, 0.6) is 0 Å². The van der Waals surface area contributed by atoms with Gasteiger partial charge >= 0.3 is 5.97 Å². The molecule has 8 heteroatoms. The minimum Gasteiger partial charge on any atom is -0.478 e. The third-order valence-electron chi connectivity index (χ3n) is 3.28. The molecule has 0 saturated carbocycles. The SMILES string of the molecule is CN(CCc1ccccn1)S(=O)(=O)c1cc(C(=O)O)ccc1Cl. The van der Waals surface area contributed by atoms with Gasteiger partial charge in [-0.25, -0.2) is 17.5 Å². The van der Waals surface area contributed by atoms with Crippen LogP contribution in [0, 0.1) is 0 Å². The van der Waals surface area contributed by atoms with Gasteiger partial charge in [-0.05, 0) is 30.3 Å². The van der Waals surface area contributed by atoms with Gasteiger partial charge in [-0.1, -0.05) is 17.7 Å². The number of carboxylic acid groups (broad SMARTS) is 1. The van der Waals surface area contributed by atoms with Crippen molar-refractivity contribution in [3.05, 3.63) is 58.9 Å². The largest absolute Gasteiger partial charge is 0.478 e. The summed E-state index contributed by atoms with van der Waals surface area (Å²) in [5.41, 5.74) is 0.631. The number of aromatic nitrogens is 1. The molecule has 2 aromatic rings. The van der Waals surface area contributed by atoms with Crippen molar-refractivity contribution in [1.82, 2.24) is 9.29 Å². The Kier molecular flexibility index (Phi) is 5.35. The van der Waals surface area contributed by atoms with E-state index in [9.17, 15) is 13.2 Å². The lowest BCUT2D eigenvalue weighted by atomic mass is 10.2. The summed E-state index contributed by atoms with van der Waals surface area (Å²) in [6.45, 7) is 0.201. The quantitative estimate of drug-likeness (QED) is 0.860. The van der Waals surface area contributed by atoms with Crippen molar-refractivity contribution in [2.24, 2.45) is 0 Å². The van der Waals surface area contributed by atoms with Gasteiger partial charge in [-0.2, -0.15) is 0 Å². The Bertz CT molecular complexity index is 809. The Labute approximate surface area is 139 Å². The van der Waals surface area contributed by atoms with Gasteiger partial charge in [0.1, 0.15) is 4.90 Å². The van der Waals surface area contributed by atoms with Crippen LogP contribution in [0.25, 0.3) is 0 Å². The van der Waals surface area contributed by atoms with Crippen LogP contribution in [0.2, 0.25) is 5.02 Å². The molecule has 1 heterocycles. The van der Waals surface area contributed by atoms with Crippen LogP contribution in [-0.2, 0) is 16.4 Å². The summed E-state index contributed by atoms with van der Waals surface area (Å²) in [7, 11) is -2.47. The van der Waals surface area contributed by atoms with Crippen molar-refractivity contribution in [1.29, 1.82) is 0 Å². The molecule has 2 rings (SSSR count). The molecule has 0 aliphatic heterocycles. The molecule has 1 aromatic heterocycles. The summed E-state index contributed by atoms with van der Waals surface area (Å²) < 4.78 is 26.3. The fourth-order valence-electron chi connectivity index (χ4n) is 1.94. The van der Waals surface area contributed by atoms with Crippen molar-refractivity contribution in [2.45, 2.75) is 11.3 Å². The zero-order valence-corrected chi connectivity index (χ0v) is 13.9. The Hall–Kier alpha value is -1.96. The van der Waals surface area contributed by atoms with Crippen molar-refractivity contribution in [3.63, 3.8) is 0 Å². The number of halogens is 1. The van der Waals surface area contributed by atoms with Gasteiger partial charge in [0.15, 0.2) is 0 Å². The molecule has 0 bridgehead atoms. The Morgan fingerprint density at radius 3 is 2.65 bits per heavy atom. The zero-order chi connectivity index (χ0) is 17.0. The molecule has 0 atom stereocenters. The first-order chi connectivity index (χ1) is 10.8. The maximum atomic E-state index is 12.6. The van der Waals surface area contributed by atoms with Gasteiger partial charge < -0.3 is 5.11 Å². The lowest BCUT2D eigenvalue weighted by Crippen LogP contribution is -2.29. The number of pyridine rings is 1. The average Bonchev–Trinajstić information content (AvgIpc) is 2.53. The second kappa shape index (κ2) is 7.08. The van der Waals surface area contributed by atoms with Crippen LogP contribution in [-0.4, -0.2) is 42.4 Å². The average molecular weight is 355 g/mol. The first-order valence-corrected chi connectivity index (χ1v) is 8.53. The molecule has 0 aliphatic rings. The normalized spacial score (nSPS) is 11.6. The summed E-state index contributed by atoms with van der Waals surface area (Å²) in [5, 5.41) is 8.98. The van der Waals surface area contributed by atoms with Crippen LogP contribution in [0.15, 0.2) is 47.5 Å². The van der Waals surface area contributed by atoms with Crippen LogP contribution >= 0.6 is 11.6 Å². The van der Waals surface area contributed by atoms with E-state index in [1.165, 1.54) is 19.2 Å². The fraction of sp³-hybridized carbons (Fsp3) is 0.200. The lowest BCUT2D eigenvalue weighted by Gasteiger charge is -2.18. The standard InChI is InChI=1S/C15H15ClN2O4S/c1-18(9-7-12-4-2-3-8-17-12)23(21,22)14-10-11(15(19)20)5-6-13(14)16/h2-6,8,10H,7,9H2,1H3,(H,19,20). The van der Waals surface area contributed by atoms with Gasteiger partial charge in [0.25, 0.3) is 0 Å². The number of rotatable bonds is 6. The van der Waals surface area contributed by atoms with E-state index in [1.807, 2.05) is 6.07 Å². The van der Waals surface area contributed by atoms with E-state index < -0.39 is 16.0 Å². The smallest absolute Gasteiger partial charge is 0.335 e. The first-order valence-electron chi connectivity index (χ1n) is 6.71. The summed E-state index contributed by atoms with van der Waals surface area (Å²) in [6.07, 6.45) is 2.07. The summed E-state index contributed by atoms with van der Waals surface area (Å²) in [5.74, 6) is -1.21.